The molecular weight excluding hydrogens is 316 g/mol. The Kier molecular flexibility index (Phi) is 4.08. The van der Waals surface area contributed by atoms with E-state index < -0.39 is 0 Å². The standard InChI is InChI=1S/C19H16N4O2/c24-19-16-12-21-17(15-7-4-8-20-11-15)22-18(16)25-10-9-23(19)13-14-5-2-1-3-6-14/h1-8,11-12H,9-10,13H2. The molecule has 124 valence electrons. The van der Waals surface area contributed by atoms with Crippen LogP contribution in [-0.4, -0.2) is 38.9 Å². The van der Waals surface area contributed by atoms with Crippen molar-refractivity contribution in [2.45, 2.75) is 6.54 Å². The average Bonchev–Trinajstić information content (AvgIpc) is 2.82. The molecule has 1 aliphatic heterocycles. The minimum Gasteiger partial charge on any atom is -0.475 e. The Labute approximate surface area is 145 Å². The largest absolute Gasteiger partial charge is 0.475 e. The molecule has 4 rings (SSSR count). The summed E-state index contributed by atoms with van der Waals surface area (Å²) in [6, 6.07) is 13.6. The van der Waals surface area contributed by atoms with Crippen LogP contribution in [0.25, 0.3) is 11.4 Å². The number of pyridine rings is 1. The fourth-order valence-corrected chi connectivity index (χ4v) is 2.74. The van der Waals surface area contributed by atoms with Gasteiger partial charge >= 0.3 is 0 Å². The molecule has 1 amide bonds. The molecule has 0 fully saturated rings. The molecule has 0 saturated carbocycles. The molecule has 0 saturated heterocycles. The van der Waals surface area contributed by atoms with Crippen molar-refractivity contribution in [3.05, 3.63) is 72.2 Å². The number of nitrogens with zero attached hydrogens (tertiary/aromatic N) is 4. The van der Waals surface area contributed by atoms with Gasteiger partial charge in [0.05, 0.1) is 6.54 Å². The predicted molar refractivity (Wildman–Crippen MR) is 91.9 cm³/mol. The third-order valence-corrected chi connectivity index (χ3v) is 4.01. The first-order valence-corrected chi connectivity index (χ1v) is 8.05. The molecule has 0 N–H and O–H groups in total. The van der Waals surface area contributed by atoms with E-state index in [2.05, 4.69) is 15.0 Å². The van der Waals surface area contributed by atoms with Gasteiger partial charge in [-0.05, 0) is 17.7 Å². The smallest absolute Gasteiger partial charge is 0.261 e. The van der Waals surface area contributed by atoms with Gasteiger partial charge in [0.25, 0.3) is 5.91 Å². The number of hydrogen-bond donors (Lipinski definition) is 0. The number of ether oxygens (including phenoxy) is 1. The lowest BCUT2D eigenvalue weighted by Gasteiger charge is -2.19. The molecular formula is C19H16N4O2. The van der Waals surface area contributed by atoms with Crippen LogP contribution in [0.1, 0.15) is 15.9 Å². The Bertz CT molecular complexity index is 884. The molecule has 3 aromatic rings. The van der Waals surface area contributed by atoms with Gasteiger partial charge in [-0.2, -0.15) is 4.98 Å². The van der Waals surface area contributed by atoms with Crippen molar-refractivity contribution in [2.24, 2.45) is 0 Å². The Hall–Kier alpha value is -3.28. The second-order valence-electron chi connectivity index (χ2n) is 5.71. The summed E-state index contributed by atoms with van der Waals surface area (Å²) in [5, 5.41) is 0. The van der Waals surface area contributed by atoms with E-state index in [1.807, 2.05) is 42.5 Å². The van der Waals surface area contributed by atoms with Crippen LogP contribution in [0.2, 0.25) is 0 Å². The van der Waals surface area contributed by atoms with Crippen molar-refractivity contribution in [3.63, 3.8) is 0 Å². The fourth-order valence-electron chi connectivity index (χ4n) is 2.74. The average molecular weight is 332 g/mol. The maximum absolute atomic E-state index is 12.8. The number of hydrogen-bond acceptors (Lipinski definition) is 5. The summed E-state index contributed by atoms with van der Waals surface area (Å²) in [6.45, 7) is 1.44. The van der Waals surface area contributed by atoms with Crippen LogP contribution in [0.5, 0.6) is 5.88 Å². The maximum Gasteiger partial charge on any atom is 0.261 e. The van der Waals surface area contributed by atoms with E-state index in [0.29, 0.717) is 37.0 Å². The number of aromatic nitrogens is 3. The van der Waals surface area contributed by atoms with E-state index in [1.165, 1.54) is 6.20 Å². The molecule has 2 aromatic heterocycles. The van der Waals surface area contributed by atoms with Crippen molar-refractivity contribution in [1.29, 1.82) is 0 Å². The third kappa shape index (κ3) is 3.19. The van der Waals surface area contributed by atoms with Gasteiger partial charge in [-0.15, -0.1) is 0 Å². The normalized spacial score (nSPS) is 13.8. The highest BCUT2D eigenvalue weighted by Crippen LogP contribution is 2.24. The topological polar surface area (TPSA) is 68.2 Å². The molecule has 0 bridgehead atoms. The first-order valence-electron chi connectivity index (χ1n) is 8.05. The zero-order chi connectivity index (χ0) is 17.1. The highest BCUT2D eigenvalue weighted by molar-refractivity contribution is 5.96. The highest BCUT2D eigenvalue weighted by Gasteiger charge is 2.25. The SMILES string of the molecule is O=C1c2cnc(-c3cccnc3)nc2OCCN1Cc1ccccc1. The monoisotopic (exact) mass is 332 g/mol. The molecule has 0 radical (unpaired) electrons. The molecule has 25 heavy (non-hydrogen) atoms. The number of rotatable bonds is 3. The summed E-state index contributed by atoms with van der Waals surface area (Å²) in [5.41, 5.74) is 2.25. The first-order chi connectivity index (χ1) is 12.3. The Morgan fingerprint density at radius 1 is 1.08 bits per heavy atom. The summed E-state index contributed by atoms with van der Waals surface area (Å²) < 4.78 is 5.71. The maximum atomic E-state index is 12.8. The quantitative estimate of drug-likeness (QED) is 0.737. The summed E-state index contributed by atoms with van der Waals surface area (Å²) in [4.78, 5) is 27.4. The van der Waals surface area contributed by atoms with Crippen molar-refractivity contribution >= 4 is 5.91 Å². The lowest BCUT2D eigenvalue weighted by Crippen LogP contribution is -2.31. The second-order valence-corrected chi connectivity index (χ2v) is 5.71. The zero-order valence-electron chi connectivity index (χ0n) is 13.5. The Morgan fingerprint density at radius 2 is 1.96 bits per heavy atom. The van der Waals surface area contributed by atoms with Gasteiger partial charge in [0.2, 0.25) is 5.88 Å². The summed E-state index contributed by atoms with van der Waals surface area (Å²) in [7, 11) is 0. The number of carbonyl (C=O) groups is 1. The van der Waals surface area contributed by atoms with Gasteiger partial charge in [-0.25, -0.2) is 4.98 Å². The Balaban J connectivity index is 1.63. The van der Waals surface area contributed by atoms with Crippen molar-refractivity contribution in [3.8, 4) is 17.3 Å². The van der Waals surface area contributed by atoms with Crippen LogP contribution in [0.15, 0.2) is 61.1 Å². The van der Waals surface area contributed by atoms with Crippen LogP contribution >= 0.6 is 0 Å². The van der Waals surface area contributed by atoms with Gasteiger partial charge < -0.3 is 9.64 Å². The predicted octanol–water partition coefficient (Wildman–Crippen LogP) is 2.57. The lowest BCUT2D eigenvalue weighted by atomic mass is 10.2. The van der Waals surface area contributed by atoms with E-state index >= 15 is 0 Å². The molecule has 0 aliphatic carbocycles. The summed E-state index contributed by atoms with van der Waals surface area (Å²) >= 11 is 0. The molecule has 6 nitrogen and oxygen atoms in total. The number of benzene rings is 1. The van der Waals surface area contributed by atoms with Gasteiger partial charge in [-0.1, -0.05) is 30.3 Å². The van der Waals surface area contributed by atoms with Gasteiger partial charge in [-0.3, -0.25) is 9.78 Å². The van der Waals surface area contributed by atoms with Crippen LogP contribution in [0.4, 0.5) is 0 Å². The molecule has 0 unspecified atom stereocenters. The van der Waals surface area contributed by atoms with Crippen LogP contribution < -0.4 is 4.74 Å². The van der Waals surface area contributed by atoms with Crippen molar-refractivity contribution < 1.29 is 9.53 Å². The van der Waals surface area contributed by atoms with E-state index in [-0.39, 0.29) is 5.91 Å². The molecule has 1 aliphatic rings. The molecule has 0 spiro atoms. The van der Waals surface area contributed by atoms with Crippen LogP contribution in [-0.2, 0) is 6.54 Å². The van der Waals surface area contributed by atoms with E-state index in [9.17, 15) is 4.79 Å². The molecule has 3 heterocycles. The summed E-state index contributed by atoms with van der Waals surface area (Å²) in [5.74, 6) is 0.708. The number of fused-ring (bicyclic) bond motifs is 1. The van der Waals surface area contributed by atoms with Crippen LogP contribution in [0, 0.1) is 0 Å². The van der Waals surface area contributed by atoms with Gasteiger partial charge in [0.15, 0.2) is 5.82 Å². The minimum atomic E-state index is -0.117. The number of carbonyl (C=O) groups excluding carboxylic acids is 1. The van der Waals surface area contributed by atoms with E-state index in [4.69, 9.17) is 4.74 Å². The molecule has 0 atom stereocenters. The fraction of sp³-hybridized carbons (Fsp3) is 0.158. The second kappa shape index (κ2) is 6.68. The zero-order valence-corrected chi connectivity index (χ0v) is 13.5. The summed E-state index contributed by atoms with van der Waals surface area (Å²) in [6.07, 6.45) is 4.91. The van der Waals surface area contributed by atoms with Crippen LogP contribution in [0.3, 0.4) is 0 Å². The highest BCUT2D eigenvalue weighted by atomic mass is 16.5. The lowest BCUT2D eigenvalue weighted by molar-refractivity contribution is 0.0742. The minimum absolute atomic E-state index is 0.117. The van der Waals surface area contributed by atoms with Crippen molar-refractivity contribution in [2.75, 3.05) is 13.2 Å². The first kappa shape index (κ1) is 15.3. The molecule has 1 aromatic carbocycles. The molecule has 6 heteroatoms. The van der Waals surface area contributed by atoms with Gasteiger partial charge in [0, 0.05) is 30.7 Å². The number of amides is 1. The van der Waals surface area contributed by atoms with Crippen molar-refractivity contribution in [1.82, 2.24) is 19.9 Å². The van der Waals surface area contributed by atoms with E-state index in [0.717, 1.165) is 11.1 Å². The Morgan fingerprint density at radius 3 is 2.76 bits per heavy atom. The third-order valence-electron chi connectivity index (χ3n) is 4.01. The van der Waals surface area contributed by atoms with Gasteiger partial charge in [0.1, 0.15) is 12.2 Å². The van der Waals surface area contributed by atoms with E-state index in [1.54, 1.807) is 17.3 Å².